The number of ketones is 1. The van der Waals surface area contributed by atoms with Crippen LogP contribution in [0, 0.1) is 0 Å². The fourth-order valence-electron chi connectivity index (χ4n) is 2.52. The van der Waals surface area contributed by atoms with Crippen molar-refractivity contribution >= 4 is 28.2 Å². The monoisotopic (exact) mass is 300 g/mol. The van der Waals surface area contributed by atoms with Gasteiger partial charge in [-0.3, -0.25) is 13.9 Å². The molecule has 0 fully saturated rings. The van der Waals surface area contributed by atoms with Crippen LogP contribution in [0.4, 0.5) is 0 Å². The maximum absolute atomic E-state index is 12.6. The number of thiophene rings is 1. The lowest BCUT2D eigenvalue weighted by atomic mass is 10.3. The number of rotatable bonds is 5. The molecule has 0 aliphatic heterocycles. The van der Waals surface area contributed by atoms with Gasteiger partial charge < -0.3 is 0 Å². The number of benzene rings is 1. The Morgan fingerprint density at radius 2 is 1.81 bits per heavy atom. The van der Waals surface area contributed by atoms with E-state index < -0.39 is 0 Å². The van der Waals surface area contributed by atoms with Crippen LogP contribution in [0.25, 0.3) is 11.0 Å². The SMILES string of the molecule is CCCn1c(=O)n(CC(=O)c2cccs2)c2ccccc21. The van der Waals surface area contributed by atoms with Crippen molar-refractivity contribution in [3.05, 3.63) is 57.1 Å². The molecular formula is C16H16N2O2S. The Labute approximate surface area is 126 Å². The largest absolute Gasteiger partial charge is 0.329 e. The number of aryl methyl sites for hydroxylation is 1. The van der Waals surface area contributed by atoms with Gasteiger partial charge in [0.05, 0.1) is 22.5 Å². The zero-order chi connectivity index (χ0) is 14.8. The van der Waals surface area contributed by atoms with Gasteiger partial charge in [-0.25, -0.2) is 4.79 Å². The summed E-state index contributed by atoms with van der Waals surface area (Å²) in [6, 6.07) is 11.3. The summed E-state index contributed by atoms with van der Waals surface area (Å²) < 4.78 is 3.32. The number of hydrogen-bond donors (Lipinski definition) is 0. The van der Waals surface area contributed by atoms with E-state index in [2.05, 4.69) is 0 Å². The van der Waals surface area contributed by atoms with E-state index in [9.17, 15) is 9.59 Å². The van der Waals surface area contributed by atoms with E-state index in [1.165, 1.54) is 11.3 Å². The zero-order valence-corrected chi connectivity index (χ0v) is 12.6. The third-order valence-corrected chi connectivity index (χ3v) is 4.38. The van der Waals surface area contributed by atoms with Gasteiger partial charge in [-0.05, 0) is 30.0 Å². The van der Waals surface area contributed by atoms with Crippen LogP contribution in [0.15, 0.2) is 46.6 Å². The van der Waals surface area contributed by atoms with Crippen LogP contribution in [-0.4, -0.2) is 14.9 Å². The second-order valence-electron chi connectivity index (χ2n) is 4.91. The van der Waals surface area contributed by atoms with E-state index in [4.69, 9.17) is 0 Å². The summed E-state index contributed by atoms with van der Waals surface area (Å²) in [5.41, 5.74) is 1.60. The van der Waals surface area contributed by atoms with Gasteiger partial charge in [-0.2, -0.15) is 0 Å². The molecule has 2 heterocycles. The first-order valence-electron chi connectivity index (χ1n) is 6.97. The highest BCUT2D eigenvalue weighted by Gasteiger charge is 2.16. The molecule has 21 heavy (non-hydrogen) atoms. The molecule has 5 heteroatoms. The summed E-state index contributed by atoms with van der Waals surface area (Å²) in [6.07, 6.45) is 0.882. The number of imidazole rings is 1. The molecule has 0 saturated heterocycles. The van der Waals surface area contributed by atoms with E-state index in [-0.39, 0.29) is 18.0 Å². The molecule has 0 aliphatic carbocycles. The van der Waals surface area contributed by atoms with Crippen LogP contribution in [0.3, 0.4) is 0 Å². The molecule has 0 unspecified atom stereocenters. The van der Waals surface area contributed by atoms with E-state index in [0.29, 0.717) is 11.4 Å². The van der Waals surface area contributed by atoms with E-state index in [0.717, 1.165) is 17.5 Å². The van der Waals surface area contributed by atoms with Crippen molar-refractivity contribution in [2.24, 2.45) is 0 Å². The van der Waals surface area contributed by atoms with Crippen molar-refractivity contribution in [1.82, 2.24) is 9.13 Å². The summed E-state index contributed by atoms with van der Waals surface area (Å²) in [5, 5.41) is 1.87. The van der Waals surface area contributed by atoms with Gasteiger partial charge in [0.25, 0.3) is 0 Å². The molecule has 2 aromatic heterocycles. The van der Waals surface area contributed by atoms with Crippen molar-refractivity contribution in [2.45, 2.75) is 26.4 Å². The Morgan fingerprint density at radius 3 is 2.43 bits per heavy atom. The third-order valence-electron chi connectivity index (χ3n) is 3.47. The fourth-order valence-corrected chi connectivity index (χ4v) is 3.18. The minimum absolute atomic E-state index is 0.0218. The number of carbonyl (C=O) groups is 1. The number of fused-ring (bicyclic) bond motifs is 1. The lowest BCUT2D eigenvalue weighted by molar-refractivity contribution is 0.0976. The maximum atomic E-state index is 12.6. The molecule has 0 aliphatic rings. The van der Waals surface area contributed by atoms with E-state index in [1.54, 1.807) is 15.2 Å². The number of aromatic nitrogens is 2. The van der Waals surface area contributed by atoms with Gasteiger partial charge in [0.2, 0.25) is 0 Å². The molecule has 0 bridgehead atoms. The summed E-state index contributed by atoms with van der Waals surface area (Å²) in [4.78, 5) is 25.5. The van der Waals surface area contributed by atoms with Crippen molar-refractivity contribution < 1.29 is 4.79 Å². The molecular weight excluding hydrogens is 284 g/mol. The van der Waals surface area contributed by atoms with Crippen LogP contribution in [0.2, 0.25) is 0 Å². The summed E-state index contributed by atoms with van der Waals surface area (Å²) in [5.74, 6) is -0.0218. The molecule has 0 N–H and O–H groups in total. The Hall–Kier alpha value is -2.14. The Bertz CT molecular complexity index is 828. The zero-order valence-electron chi connectivity index (χ0n) is 11.8. The summed E-state index contributed by atoms with van der Waals surface area (Å²) in [7, 11) is 0. The number of carbonyl (C=O) groups excluding carboxylic acids is 1. The molecule has 4 nitrogen and oxygen atoms in total. The molecule has 0 radical (unpaired) electrons. The Balaban J connectivity index is 2.08. The summed E-state index contributed by atoms with van der Waals surface area (Å²) >= 11 is 1.41. The predicted octanol–water partition coefficient (Wildman–Crippen LogP) is 3.16. The number of para-hydroxylation sites is 2. The average molecular weight is 300 g/mol. The van der Waals surface area contributed by atoms with E-state index in [1.807, 2.05) is 42.6 Å². The van der Waals surface area contributed by atoms with Crippen LogP contribution in [-0.2, 0) is 13.1 Å². The molecule has 0 saturated carbocycles. The molecule has 3 rings (SSSR count). The molecule has 1 aromatic carbocycles. The molecule has 0 spiro atoms. The first-order chi connectivity index (χ1) is 10.2. The molecule has 108 valence electrons. The lowest BCUT2D eigenvalue weighted by Gasteiger charge is -2.01. The summed E-state index contributed by atoms with van der Waals surface area (Å²) in [6.45, 7) is 2.80. The highest BCUT2D eigenvalue weighted by Crippen LogP contribution is 2.15. The first-order valence-corrected chi connectivity index (χ1v) is 7.85. The number of nitrogens with zero attached hydrogens (tertiary/aromatic N) is 2. The maximum Gasteiger partial charge on any atom is 0.329 e. The van der Waals surface area contributed by atoms with Crippen LogP contribution >= 0.6 is 11.3 Å². The lowest BCUT2D eigenvalue weighted by Crippen LogP contribution is -2.26. The first kappa shape index (κ1) is 13.8. The van der Waals surface area contributed by atoms with Crippen molar-refractivity contribution in [3.63, 3.8) is 0 Å². The van der Waals surface area contributed by atoms with Crippen LogP contribution < -0.4 is 5.69 Å². The molecule has 0 amide bonds. The highest BCUT2D eigenvalue weighted by atomic mass is 32.1. The minimum atomic E-state index is -0.108. The molecule has 0 atom stereocenters. The van der Waals surface area contributed by atoms with E-state index >= 15 is 0 Å². The van der Waals surface area contributed by atoms with Gasteiger partial charge >= 0.3 is 5.69 Å². The second-order valence-corrected chi connectivity index (χ2v) is 5.86. The third kappa shape index (κ3) is 2.45. The predicted molar refractivity (Wildman–Crippen MR) is 85.1 cm³/mol. The van der Waals surface area contributed by atoms with Crippen LogP contribution in [0.5, 0.6) is 0 Å². The van der Waals surface area contributed by atoms with Gasteiger partial charge in [-0.15, -0.1) is 11.3 Å². The topological polar surface area (TPSA) is 44.0 Å². The highest BCUT2D eigenvalue weighted by molar-refractivity contribution is 7.12. The van der Waals surface area contributed by atoms with Crippen LogP contribution in [0.1, 0.15) is 23.0 Å². The van der Waals surface area contributed by atoms with Crippen molar-refractivity contribution in [2.75, 3.05) is 0 Å². The van der Waals surface area contributed by atoms with Gasteiger partial charge in [0, 0.05) is 6.54 Å². The minimum Gasteiger partial charge on any atom is -0.292 e. The van der Waals surface area contributed by atoms with Gasteiger partial charge in [0.15, 0.2) is 5.78 Å². The Morgan fingerprint density at radius 1 is 1.10 bits per heavy atom. The standard InChI is InChI=1S/C16H16N2O2S/c1-2-9-17-12-6-3-4-7-13(12)18(16(17)20)11-14(19)15-8-5-10-21-15/h3-8,10H,2,9,11H2,1H3. The number of Topliss-reactive ketones (excluding diaryl/α,β-unsaturated/α-hetero) is 1. The Kier molecular flexibility index (Phi) is 3.75. The average Bonchev–Trinajstić information content (AvgIpc) is 3.11. The smallest absolute Gasteiger partial charge is 0.292 e. The quantitative estimate of drug-likeness (QED) is 0.679. The normalized spacial score (nSPS) is 11.1. The molecule has 3 aromatic rings. The van der Waals surface area contributed by atoms with Gasteiger partial charge in [-0.1, -0.05) is 25.1 Å². The van der Waals surface area contributed by atoms with Crippen molar-refractivity contribution in [3.8, 4) is 0 Å². The second kappa shape index (κ2) is 5.69. The van der Waals surface area contributed by atoms with Gasteiger partial charge in [0.1, 0.15) is 0 Å². The fraction of sp³-hybridized carbons (Fsp3) is 0.250. The van der Waals surface area contributed by atoms with Crippen molar-refractivity contribution in [1.29, 1.82) is 0 Å². The number of hydrogen-bond acceptors (Lipinski definition) is 3.